The summed E-state index contributed by atoms with van der Waals surface area (Å²) in [5.41, 5.74) is 0.579. The molecule has 0 saturated heterocycles. The van der Waals surface area contributed by atoms with E-state index in [2.05, 4.69) is 5.32 Å². The number of esters is 2. The Morgan fingerprint density at radius 2 is 1.92 bits per heavy atom. The summed E-state index contributed by atoms with van der Waals surface area (Å²) < 4.78 is 14.7. The molecule has 2 aromatic heterocycles. The summed E-state index contributed by atoms with van der Waals surface area (Å²) in [5, 5.41) is 2.97. The Morgan fingerprint density at radius 1 is 1.23 bits per heavy atom. The summed E-state index contributed by atoms with van der Waals surface area (Å²) >= 11 is 0.988. The molecule has 2 N–H and O–H groups in total. The minimum Gasteiger partial charge on any atom is -0.465 e. The van der Waals surface area contributed by atoms with Gasteiger partial charge in [-0.05, 0) is 24.6 Å². The smallest absolute Gasteiger partial charge is 0.348 e. The second-order valence-electron chi connectivity index (χ2n) is 5.68. The molecule has 0 fully saturated rings. The van der Waals surface area contributed by atoms with Crippen molar-refractivity contribution in [3.8, 4) is 0 Å². The molecule has 0 radical (unpaired) electrons. The van der Waals surface area contributed by atoms with Crippen molar-refractivity contribution in [2.75, 3.05) is 33.1 Å². The highest BCUT2D eigenvalue weighted by Gasteiger charge is 2.27. The molecule has 0 spiro atoms. The van der Waals surface area contributed by atoms with Gasteiger partial charge in [-0.15, -0.1) is 11.3 Å². The Kier molecular flexibility index (Phi) is 6.53. The zero-order valence-electron chi connectivity index (χ0n) is 15.0. The molecule has 2 heterocycles. The van der Waals surface area contributed by atoms with Crippen LogP contribution in [0.2, 0.25) is 0 Å². The molecule has 2 aromatic rings. The van der Waals surface area contributed by atoms with Crippen LogP contribution in [0.25, 0.3) is 0 Å². The predicted molar refractivity (Wildman–Crippen MR) is 94.5 cm³/mol. The summed E-state index contributed by atoms with van der Waals surface area (Å²) in [6, 6.07) is 3.62. The first-order valence-electron chi connectivity index (χ1n) is 7.80. The van der Waals surface area contributed by atoms with Crippen molar-refractivity contribution in [2.45, 2.75) is 13.5 Å². The van der Waals surface area contributed by atoms with Gasteiger partial charge in [-0.3, -0.25) is 4.79 Å². The molecule has 0 saturated carbocycles. The first-order chi connectivity index (χ1) is 12.4. The number of hydrogen-bond donors (Lipinski definition) is 2. The second kappa shape index (κ2) is 8.63. The lowest BCUT2D eigenvalue weighted by Crippen LogP contribution is -3.08. The number of amides is 1. The zero-order valence-corrected chi connectivity index (χ0v) is 15.8. The van der Waals surface area contributed by atoms with Gasteiger partial charge in [-0.25, -0.2) is 9.59 Å². The highest BCUT2D eigenvalue weighted by Crippen LogP contribution is 2.34. The fourth-order valence-electron chi connectivity index (χ4n) is 2.45. The van der Waals surface area contributed by atoms with E-state index in [9.17, 15) is 14.4 Å². The summed E-state index contributed by atoms with van der Waals surface area (Å²) in [5.74, 6) is -0.721. The Morgan fingerprint density at radius 3 is 2.50 bits per heavy atom. The van der Waals surface area contributed by atoms with Crippen LogP contribution in [0.4, 0.5) is 5.00 Å². The van der Waals surface area contributed by atoms with Crippen LogP contribution < -0.4 is 10.2 Å². The molecule has 1 unspecified atom stereocenters. The molecular formula is C17H21N2O6S+. The van der Waals surface area contributed by atoms with E-state index in [1.807, 2.05) is 13.1 Å². The average Bonchev–Trinajstić information content (AvgIpc) is 3.21. The van der Waals surface area contributed by atoms with E-state index in [0.717, 1.165) is 22.0 Å². The van der Waals surface area contributed by atoms with Gasteiger partial charge < -0.3 is 24.1 Å². The van der Waals surface area contributed by atoms with Crippen LogP contribution in [0.1, 0.15) is 31.4 Å². The molecule has 9 heteroatoms. The van der Waals surface area contributed by atoms with Crippen molar-refractivity contribution >= 4 is 34.2 Å². The third-order valence-electron chi connectivity index (χ3n) is 3.68. The van der Waals surface area contributed by atoms with E-state index in [4.69, 9.17) is 13.9 Å². The molecule has 0 aliphatic rings. The maximum absolute atomic E-state index is 12.4. The highest BCUT2D eigenvalue weighted by molar-refractivity contribution is 7.18. The van der Waals surface area contributed by atoms with Crippen LogP contribution in [-0.2, 0) is 20.8 Å². The number of anilines is 1. The van der Waals surface area contributed by atoms with Crippen LogP contribution >= 0.6 is 11.3 Å². The molecule has 0 aromatic carbocycles. The number of likely N-dealkylation sites (N-methyl/N-ethyl adjacent to an activating group) is 1. The average molecular weight is 381 g/mol. The van der Waals surface area contributed by atoms with E-state index < -0.39 is 11.9 Å². The van der Waals surface area contributed by atoms with Crippen LogP contribution in [0.3, 0.4) is 0 Å². The molecule has 140 valence electrons. The molecule has 0 aliphatic carbocycles. The van der Waals surface area contributed by atoms with Crippen molar-refractivity contribution < 1.29 is 33.2 Å². The van der Waals surface area contributed by atoms with Crippen LogP contribution in [-0.4, -0.2) is 45.7 Å². The van der Waals surface area contributed by atoms with E-state index in [1.165, 1.54) is 14.2 Å². The maximum atomic E-state index is 12.4. The number of rotatable bonds is 7. The van der Waals surface area contributed by atoms with Crippen LogP contribution in [0.15, 0.2) is 22.8 Å². The number of ether oxygens (including phenoxy) is 2. The quantitative estimate of drug-likeness (QED) is 0.691. The summed E-state index contributed by atoms with van der Waals surface area (Å²) in [7, 11) is 4.34. The molecule has 2 rings (SSSR count). The fraction of sp³-hybridized carbons (Fsp3) is 0.353. The van der Waals surface area contributed by atoms with Gasteiger partial charge in [0.2, 0.25) is 0 Å². The van der Waals surface area contributed by atoms with Crippen molar-refractivity contribution in [3.63, 3.8) is 0 Å². The van der Waals surface area contributed by atoms with Gasteiger partial charge in [0.25, 0.3) is 5.91 Å². The molecular weight excluding hydrogens is 360 g/mol. The number of nitrogens with one attached hydrogen (secondary N) is 2. The van der Waals surface area contributed by atoms with E-state index >= 15 is 0 Å². The van der Waals surface area contributed by atoms with E-state index in [-0.39, 0.29) is 27.9 Å². The summed E-state index contributed by atoms with van der Waals surface area (Å²) in [4.78, 5) is 37.4. The van der Waals surface area contributed by atoms with Crippen molar-refractivity contribution in [1.82, 2.24) is 0 Å². The number of carbonyl (C=O) groups is 3. The van der Waals surface area contributed by atoms with Crippen LogP contribution in [0.5, 0.6) is 0 Å². The maximum Gasteiger partial charge on any atom is 0.348 e. The minimum absolute atomic E-state index is 0.159. The number of hydrogen-bond acceptors (Lipinski definition) is 7. The first kappa shape index (κ1) is 19.7. The fourth-order valence-corrected chi connectivity index (χ4v) is 3.58. The van der Waals surface area contributed by atoms with Gasteiger partial charge in [0.05, 0.1) is 33.1 Å². The molecule has 1 amide bonds. The van der Waals surface area contributed by atoms with Crippen molar-refractivity contribution in [2.24, 2.45) is 0 Å². The molecule has 26 heavy (non-hydrogen) atoms. The number of thiophene rings is 1. The summed E-state index contributed by atoms with van der Waals surface area (Å²) in [6.45, 7) is 2.31. The van der Waals surface area contributed by atoms with Gasteiger partial charge in [0, 0.05) is 0 Å². The lowest BCUT2D eigenvalue weighted by molar-refractivity contribution is -0.886. The number of methoxy groups -OCH3 is 2. The van der Waals surface area contributed by atoms with Gasteiger partial charge >= 0.3 is 11.9 Å². The Balaban J connectivity index is 2.15. The van der Waals surface area contributed by atoms with Crippen LogP contribution in [0, 0.1) is 6.92 Å². The van der Waals surface area contributed by atoms with Gasteiger partial charge in [0.15, 0.2) is 12.3 Å². The largest absolute Gasteiger partial charge is 0.465 e. The normalized spacial score (nSPS) is 11.7. The topological polar surface area (TPSA) is 99.3 Å². The zero-order chi connectivity index (χ0) is 19.3. The second-order valence-corrected chi connectivity index (χ2v) is 6.70. The Hall–Kier alpha value is -2.65. The monoisotopic (exact) mass is 381 g/mol. The predicted octanol–water partition coefficient (Wildman–Crippen LogP) is 0.876. The first-order valence-corrected chi connectivity index (χ1v) is 8.62. The SMILES string of the molecule is COC(=O)c1sc(NC(=O)C[NH+](C)Cc2ccco2)c(C(=O)OC)c1C. The van der Waals surface area contributed by atoms with Crippen molar-refractivity contribution in [1.29, 1.82) is 0 Å². The Bertz CT molecular complexity index is 797. The lowest BCUT2D eigenvalue weighted by atomic mass is 10.1. The number of furan rings is 1. The number of quaternary nitrogens is 1. The molecule has 0 aliphatic heterocycles. The van der Waals surface area contributed by atoms with E-state index in [0.29, 0.717) is 12.1 Å². The van der Waals surface area contributed by atoms with Gasteiger partial charge in [0.1, 0.15) is 16.4 Å². The molecule has 8 nitrogen and oxygen atoms in total. The Labute approximate surface area is 154 Å². The lowest BCUT2D eigenvalue weighted by Gasteiger charge is -2.12. The minimum atomic E-state index is -0.625. The highest BCUT2D eigenvalue weighted by atomic mass is 32.1. The van der Waals surface area contributed by atoms with Gasteiger partial charge in [-0.2, -0.15) is 0 Å². The number of carbonyl (C=O) groups excluding carboxylic acids is 3. The molecule has 1 atom stereocenters. The third kappa shape index (κ3) is 4.50. The van der Waals surface area contributed by atoms with Gasteiger partial charge in [-0.1, -0.05) is 0 Å². The standard InChI is InChI=1S/C17H20N2O6S/c1-10-13(16(21)23-3)15(26-14(10)17(22)24-4)18-12(20)9-19(2)8-11-6-5-7-25-11/h5-7H,8-9H2,1-4H3,(H,18,20)/p+1. The summed E-state index contributed by atoms with van der Waals surface area (Å²) in [6.07, 6.45) is 1.58. The third-order valence-corrected chi connectivity index (χ3v) is 4.87. The molecule has 0 bridgehead atoms. The van der Waals surface area contributed by atoms with Crippen molar-refractivity contribution in [3.05, 3.63) is 40.2 Å². The van der Waals surface area contributed by atoms with E-state index in [1.54, 1.807) is 19.3 Å².